The fourth-order valence-corrected chi connectivity index (χ4v) is 9.20. The predicted octanol–water partition coefficient (Wildman–Crippen LogP) is 11.9. The van der Waals surface area contributed by atoms with E-state index < -0.39 is 5.41 Å². The molecular formula is C47H29N. The van der Waals surface area contributed by atoms with Gasteiger partial charge in [0.1, 0.15) is 0 Å². The highest BCUT2D eigenvalue weighted by Gasteiger charge is 2.52. The van der Waals surface area contributed by atoms with Gasteiger partial charge in [-0.2, -0.15) is 0 Å². The Morgan fingerprint density at radius 2 is 0.938 bits per heavy atom. The van der Waals surface area contributed by atoms with Crippen LogP contribution in [0.1, 0.15) is 22.3 Å². The monoisotopic (exact) mass is 607 g/mol. The summed E-state index contributed by atoms with van der Waals surface area (Å²) < 4.78 is 2.40. The first-order chi connectivity index (χ1) is 23.8. The highest BCUT2D eigenvalue weighted by Crippen LogP contribution is 2.65. The van der Waals surface area contributed by atoms with E-state index in [2.05, 4.69) is 180 Å². The Bertz CT molecular complexity index is 2740. The number of aromatic nitrogens is 1. The minimum atomic E-state index is -0.401. The summed E-state index contributed by atoms with van der Waals surface area (Å²) in [4.78, 5) is 0. The summed E-state index contributed by atoms with van der Waals surface area (Å²) in [6.07, 6.45) is 0. The maximum atomic E-state index is 2.44. The Hall–Kier alpha value is -6.18. The van der Waals surface area contributed by atoms with Crippen LogP contribution in [0.5, 0.6) is 0 Å². The van der Waals surface area contributed by atoms with Crippen LogP contribution >= 0.6 is 0 Å². The van der Waals surface area contributed by atoms with Gasteiger partial charge < -0.3 is 4.57 Å². The first-order valence-corrected chi connectivity index (χ1v) is 16.8. The van der Waals surface area contributed by atoms with Crippen LogP contribution in [0.3, 0.4) is 0 Å². The molecule has 1 spiro atoms. The van der Waals surface area contributed by atoms with Gasteiger partial charge in [0.2, 0.25) is 0 Å². The third kappa shape index (κ3) is 3.16. The maximum absolute atomic E-state index is 2.44. The van der Waals surface area contributed by atoms with Crippen molar-refractivity contribution in [3.63, 3.8) is 0 Å². The van der Waals surface area contributed by atoms with Crippen molar-refractivity contribution in [1.82, 2.24) is 4.57 Å². The molecule has 2 aliphatic rings. The van der Waals surface area contributed by atoms with Crippen LogP contribution in [0.2, 0.25) is 0 Å². The summed E-state index contributed by atoms with van der Waals surface area (Å²) in [6, 6.07) is 65.4. The average molecular weight is 608 g/mol. The van der Waals surface area contributed by atoms with Gasteiger partial charge >= 0.3 is 0 Å². The zero-order valence-corrected chi connectivity index (χ0v) is 26.2. The minimum Gasteiger partial charge on any atom is -0.309 e. The summed E-state index contributed by atoms with van der Waals surface area (Å²) in [7, 11) is 0. The summed E-state index contributed by atoms with van der Waals surface area (Å²) in [5.41, 5.74) is 16.6. The van der Waals surface area contributed by atoms with E-state index in [1.54, 1.807) is 0 Å². The van der Waals surface area contributed by atoms with E-state index in [0.717, 1.165) is 0 Å². The molecule has 1 aromatic heterocycles. The smallest absolute Gasteiger partial charge is 0.0731 e. The number of hydrogen-bond acceptors (Lipinski definition) is 0. The van der Waals surface area contributed by atoms with Crippen molar-refractivity contribution in [2.24, 2.45) is 0 Å². The standard InChI is InChI=1S/C47H29N/c1-2-15-32(16-3-1)48-43-25-13-9-20-36(43)39-29-31(26-27-44(39)48)38-28-30-14-4-5-17-33(30)46-45(38)37-21-8-12-24-42(37)47(46)40-22-10-6-18-34(40)35-19-7-11-23-41(35)47/h1-29H. The molecule has 0 bridgehead atoms. The molecule has 1 heterocycles. The quantitative estimate of drug-likeness (QED) is 0.184. The third-order valence-electron chi connectivity index (χ3n) is 11.0. The topological polar surface area (TPSA) is 4.93 Å². The van der Waals surface area contributed by atoms with Crippen LogP contribution in [0.25, 0.3) is 71.6 Å². The number of para-hydroxylation sites is 2. The molecular weight excluding hydrogens is 579 g/mol. The highest BCUT2D eigenvalue weighted by molar-refractivity contribution is 6.13. The van der Waals surface area contributed by atoms with Crippen LogP contribution < -0.4 is 0 Å². The van der Waals surface area contributed by atoms with Crippen molar-refractivity contribution in [1.29, 1.82) is 0 Å². The zero-order valence-electron chi connectivity index (χ0n) is 26.2. The van der Waals surface area contributed by atoms with Crippen LogP contribution in [0.4, 0.5) is 0 Å². The zero-order chi connectivity index (χ0) is 31.4. The van der Waals surface area contributed by atoms with E-state index in [1.807, 2.05) is 0 Å². The Morgan fingerprint density at radius 3 is 1.69 bits per heavy atom. The number of nitrogens with zero attached hydrogens (tertiary/aromatic N) is 1. The van der Waals surface area contributed by atoms with Crippen molar-refractivity contribution in [3.8, 4) is 39.1 Å². The van der Waals surface area contributed by atoms with Gasteiger partial charge in [-0.1, -0.05) is 140 Å². The van der Waals surface area contributed by atoms with Gasteiger partial charge in [-0.05, 0) is 103 Å². The first kappa shape index (κ1) is 25.9. The van der Waals surface area contributed by atoms with Gasteiger partial charge in [0.25, 0.3) is 0 Å². The molecule has 0 unspecified atom stereocenters. The van der Waals surface area contributed by atoms with Gasteiger partial charge in [0, 0.05) is 16.5 Å². The lowest BCUT2D eigenvalue weighted by molar-refractivity contribution is 0.801. The van der Waals surface area contributed by atoms with Crippen molar-refractivity contribution in [2.45, 2.75) is 5.41 Å². The molecule has 0 N–H and O–H groups in total. The molecule has 1 heteroatoms. The van der Waals surface area contributed by atoms with Crippen LogP contribution in [0, 0.1) is 0 Å². The van der Waals surface area contributed by atoms with Crippen LogP contribution in [-0.2, 0) is 5.41 Å². The SMILES string of the molecule is c1ccc(-n2c3ccccc3c3cc(-c4cc5ccccc5c5c4-c4ccccc4C54c5ccccc5-c5ccccc54)ccc32)cc1. The molecule has 0 radical (unpaired) electrons. The highest BCUT2D eigenvalue weighted by atomic mass is 15.0. The predicted molar refractivity (Wildman–Crippen MR) is 200 cm³/mol. The van der Waals surface area contributed by atoms with Crippen molar-refractivity contribution < 1.29 is 0 Å². The number of rotatable bonds is 2. The molecule has 0 fully saturated rings. The third-order valence-corrected chi connectivity index (χ3v) is 11.0. The number of fused-ring (bicyclic) bond motifs is 15. The van der Waals surface area contributed by atoms with Gasteiger partial charge in [0.05, 0.1) is 16.4 Å². The van der Waals surface area contributed by atoms with E-state index in [0.29, 0.717) is 0 Å². The van der Waals surface area contributed by atoms with E-state index in [9.17, 15) is 0 Å². The number of hydrogen-bond donors (Lipinski definition) is 0. The molecule has 0 saturated carbocycles. The van der Waals surface area contributed by atoms with E-state index >= 15 is 0 Å². The lowest BCUT2D eigenvalue weighted by Crippen LogP contribution is -2.26. The molecule has 0 saturated heterocycles. The molecule has 0 aliphatic heterocycles. The second-order valence-corrected chi connectivity index (χ2v) is 13.2. The molecule has 9 aromatic rings. The second kappa shape index (κ2) is 9.44. The molecule has 11 rings (SSSR count). The first-order valence-electron chi connectivity index (χ1n) is 16.8. The van der Waals surface area contributed by atoms with Crippen LogP contribution in [-0.4, -0.2) is 4.57 Å². The molecule has 222 valence electrons. The van der Waals surface area contributed by atoms with Gasteiger partial charge in [0.15, 0.2) is 0 Å². The maximum Gasteiger partial charge on any atom is 0.0731 e. The molecule has 0 amide bonds. The Labute approximate surface area is 279 Å². The lowest BCUT2D eigenvalue weighted by Gasteiger charge is -2.31. The minimum absolute atomic E-state index is 0.401. The van der Waals surface area contributed by atoms with E-state index in [4.69, 9.17) is 0 Å². The summed E-state index contributed by atoms with van der Waals surface area (Å²) >= 11 is 0. The van der Waals surface area contributed by atoms with Crippen LogP contribution in [0.15, 0.2) is 176 Å². The average Bonchev–Trinajstić information content (AvgIpc) is 3.77. The molecule has 2 aliphatic carbocycles. The van der Waals surface area contributed by atoms with Gasteiger partial charge in [-0.3, -0.25) is 0 Å². The fraction of sp³-hybridized carbons (Fsp3) is 0.0213. The molecule has 0 atom stereocenters. The Kier molecular flexibility index (Phi) is 5.10. The Balaban J connectivity index is 1.29. The number of benzene rings is 8. The molecule has 8 aromatic carbocycles. The van der Waals surface area contributed by atoms with E-state index in [1.165, 1.54) is 93.9 Å². The van der Waals surface area contributed by atoms with Gasteiger partial charge in [-0.25, -0.2) is 0 Å². The molecule has 1 nitrogen and oxygen atoms in total. The normalized spacial score (nSPS) is 13.6. The fourth-order valence-electron chi connectivity index (χ4n) is 9.20. The Morgan fingerprint density at radius 1 is 0.375 bits per heavy atom. The second-order valence-electron chi connectivity index (χ2n) is 13.2. The molecule has 48 heavy (non-hydrogen) atoms. The lowest BCUT2D eigenvalue weighted by atomic mass is 9.69. The van der Waals surface area contributed by atoms with Crippen molar-refractivity contribution in [2.75, 3.05) is 0 Å². The summed E-state index contributed by atoms with van der Waals surface area (Å²) in [5, 5.41) is 5.13. The summed E-state index contributed by atoms with van der Waals surface area (Å²) in [6.45, 7) is 0. The van der Waals surface area contributed by atoms with Crippen molar-refractivity contribution >= 4 is 32.6 Å². The van der Waals surface area contributed by atoms with Crippen molar-refractivity contribution in [3.05, 3.63) is 198 Å². The van der Waals surface area contributed by atoms with E-state index in [-0.39, 0.29) is 0 Å². The summed E-state index contributed by atoms with van der Waals surface area (Å²) in [5.74, 6) is 0. The van der Waals surface area contributed by atoms with Gasteiger partial charge in [-0.15, -0.1) is 0 Å². The largest absolute Gasteiger partial charge is 0.309 e.